The van der Waals surface area contributed by atoms with E-state index in [1.165, 1.54) is 6.92 Å². The van der Waals surface area contributed by atoms with Crippen LogP contribution in [0.2, 0.25) is 0 Å². The number of fused-ring (bicyclic) bond motifs is 1. The molecular weight excluding hydrogens is 192 g/mol. The lowest BCUT2D eigenvalue weighted by Crippen LogP contribution is -2.13. The monoisotopic (exact) mass is 204 g/mol. The van der Waals surface area contributed by atoms with Crippen molar-refractivity contribution in [3.05, 3.63) is 29.3 Å². The number of ketones is 1. The lowest BCUT2D eigenvalue weighted by Gasteiger charge is -2.17. The van der Waals surface area contributed by atoms with Crippen molar-refractivity contribution < 1.29 is 14.3 Å². The van der Waals surface area contributed by atoms with Crippen molar-refractivity contribution in [3.8, 4) is 5.75 Å². The number of carbonyl (C=O) groups is 2. The number of ether oxygens (including phenoxy) is 1. The Morgan fingerprint density at radius 3 is 2.87 bits per heavy atom. The molecule has 0 saturated carbocycles. The molecule has 0 bridgehead atoms. The third kappa shape index (κ3) is 1.91. The minimum absolute atomic E-state index is 0.144. The van der Waals surface area contributed by atoms with E-state index in [9.17, 15) is 9.59 Å². The minimum Gasteiger partial charge on any atom is -0.426 e. The maximum atomic E-state index is 11.6. The van der Waals surface area contributed by atoms with Crippen LogP contribution in [0.3, 0.4) is 0 Å². The van der Waals surface area contributed by atoms with Crippen LogP contribution in [0.4, 0.5) is 0 Å². The van der Waals surface area contributed by atoms with Gasteiger partial charge in [0.05, 0.1) is 0 Å². The van der Waals surface area contributed by atoms with Gasteiger partial charge in [0.1, 0.15) is 5.75 Å². The number of Topliss-reactive ketones (excluding diaryl/α,β-unsaturated/α-hetero) is 1. The quantitative estimate of drug-likeness (QED) is 0.520. The average molecular weight is 204 g/mol. The zero-order chi connectivity index (χ0) is 10.8. The van der Waals surface area contributed by atoms with Crippen LogP contribution < -0.4 is 4.74 Å². The lowest BCUT2D eigenvalue weighted by molar-refractivity contribution is -0.131. The van der Waals surface area contributed by atoms with Gasteiger partial charge in [-0.25, -0.2) is 0 Å². The molecule has 0 aromatic heterocycles. The Morgan fingerprint density at radius 2 is 2.13 bits per heavy atom. The van der Waals surface area contributed by atoms with E-state index in [0.29, 0.717) is 17.7 Å². The van der Waals surface area contributed by atoms with E-state index in [2.05, 4.69) is 0 Å². The van der Waals surface area contributed by atoms with E-state index < -0.39 is 0 Å². The van der Waals surface area contributed by atoms with Gasteiger partial charge in [-0.1, -0.05) is 12.1 Å². The summed E-state index contributed by atoms with van der Waals surface area (Å²) >= 11 is 0. The predicted octanol–water partition coefficient (Wildman–Crippen LogP) is 2.13. The van der Waals surface area contributed by atoms with Crippen LogP contribution in [0.5, 0.6) is 5.75 Å². The molecule has 0 aliphatic heterocycles. The fraction of sp³-hybridized carbons (Fsp3) is 0.333. The lowest BCUT2D eigenvalue weighted by atomic mass is 9.90. The molecule has 78 valence electrons. The van der Waals surface area contributed by atoms with Crippen molar-refractivity contribution >= 4 is 11.8 Å². The molecule has 1 aliphatic carbocycles. The Balaban J connectivity index is 2.44. The second kappa shape index (κ2) is 3.85. The van der Waals surface area contributed by atoms with E-state index in [1.807, 2.05) is 0 Å². The summed E-state index contributed by atoms with van der Waals surface area (Å²) in [6.45, 7) is 1.37. The highest BCUT2D eigenvalue weighted by Crippen LogP contribution is 2.29. The first kappa shape index (κ1) is 9.90. The molecule has 1 aliphatic rings. The summed E-state index contributed by atoms with van der Waals surface area (Å²) in [6.07, 6.45) is 2.24. The first-order chi connectivity index (χ1) is 7.18. The standard InChI is InChI=1S/C12H12O3/c1-8(13)15-12-7-3-4-9-10(12)5-2-6-11(9)14/h3-4,7H,2,5-6H2,1H3. The van der Waals surface area contributed by atoms with Crippen LogP contribution in [-0.2, 0) is 11.2 Å². The summed E-state index contributed by atoms with van der Waals surface area (Å²) in [7, 11) is 0. The van der Waals surface area contributed by atoms with Gasteiger partial charge in [-0.05, 0) is 18.9 Å². The molecule has 0 spiro atoms. The molecule has 2 rings (SSSR count). The summed E-state index contributed by atoms with van der Waals surface area (Å²) in [4.78, 5) is 22.5. The summed E-state index contributed by atoms with van der Waals surface area (Å²) in [5.41, 5.74) is 1.59. The highest BCUT2D eigenvalue weighted by atomic mass is 16.5. The van der Waals surface area contributed by atoms with Crippen LogP contribution in [-0.4, -0.2) is 11.8 Å². The fourth-order valence-electron chi connectivity index (χ4n) is 1.90. The number of hydrogen-bond acceptors (Lipinski definition) is 3. The van der Waals surface area contributed by atoms with Crippen LogP contribution in [0.1, 0.15) is 35.7 Å². The molecule has 0 N–H and O–H groups in total. The van der Waals surface area contributed by atoms with E-state index in [4.69, 9.17) is 4.74 Å². The second-order valence-corrected chi connectivity index (χ2v) is 3.65. The minimum atomic E-state index is -0.346. The molecule has 0 heterocycles. The van der Waals surface area contributed by atoms with Gasteiger partial charge in [-0.2, -0.15) is 0 Å². The molecule has 0 unspecified atom stereocenters. The third-order valence-electron chi connectivity index (χ3n) is 2.52. The molecule has 0 saturated heterocycles. The predicted molar refractivity (Wildman–Crippen MR) is 55.0 cm³/mol. The van der Waals surface area contributed by atoms with Gasteiger partial charge >= 0.3 is 5.97 Å². The Kier molecular flexibility index (Phi) is 2.54. The molecule has 0 amide bonds. The maximum Gasteiger partial charge on any atom is 0.308 e. The van der Waals surface area contributed by atoms with Gasteiger partial charge in [0.25, 0.3) is 0 Å². The van der Waals surface area contributed by atoms with Crippen molar-refractivity contribution in [1.82, 2.24) is 0 Å². The van der Waals surface area contributed by atoms with Crippen LogP contribution in [0.15, 0.2) is 18.2 Å². The Morgan fingerprint density at radius 1 is 1.33 bits per heavy atom. The van der Waals surface area contributed by atoms with Gasteiger partial charge in [0, 0.05) is 24.5 Å². The maximum absolute atomic E-state index is 11.6. The second-order valence-electron chi connectivity index (χ2n) is 3.65. The van der Waals surface area contributed by atoms with E-state index in [-0.39, 0.29) is 11.8 Å². The van der Waals surface area contributed by atoms with Gasteiger partial charge in [0.15, 0.2) is 5.78 Å². The van der Waals surface area contributed by atoms with Crippen molar-refractivity contribution in [2.24, 2.45) is 0 Å². The van der Waals surface area contributed by atoms with Crippen molar-refractivity contribution in [1.29, 1.82) is 0 Å². The van der Waals surface area contributed by atoms with Gasteiger partial charge in [0.2, 0.25) is 0 Å². The van der Waals surface area contributed by atoms with Crippen LogP contribution >= 0.6 is 0 Å². The SMILES string of the molecule is CC(=O)Oc1cccc2c1CCCC2=O. The number of carbonyl (C=O) groups excluding carboxylic acids is 2. The van der Waals surface area contributed by atoms with Gasteiger partial charge in [-0.15, -0.1) is 0 Å². The summed E-state index contributed by atoms with van der Waals surface area (Å²) in [6, 6.07) is 5.28. The van der Waals surface area contributed by atoms with Crippen molar-refractivity contribution in [2.75, 3.05) is 0 Å². The number of rotatable bonds is 1. The number of benzene rings is 1. The summed E-state index contributed by atoms with van der Waals surface area (Å²) in [5.74, 6) is 0.333. The Bertz CT molecular complexity index is 421. The molecule has 0 atom stereocenters. The topological polar surface area (TPSA) is 43.4 Å². The zero-order valence-corrected chi connectivity index (χ0v) is 8.58. The normalized spacial score (nSPS) is 14.6. The van der Waals surface area contributed by atoms with Crippen molar-refractivity contribution in [2.45, 2.75) is 26.2 Å². The van der Waals surface area contributed by atoms with E-state index >= 15 is 0 Å². The number of hydrogen-bond donors (Lipinski definition) is 0. The van der Waals surface area contributed by atoms with Crippen LogP contribution in [0.25, 0.3) is 0 Å². The van der Waals surface area contributed by atoms with E-state index in [0.717, 1.165) is 18.4 Å². The fourth-order valence-corrected chi connectivity index (χ4v) is 1.90. The largest absolute Gasteiger partial charge is 0.426 e. The molecule has 1 aromatic carbocycles. The summed E-state index contributed by atoms with van der Waals surface area (Å²) < 4.78 is 5.07. The highest BCUT2D eigenvalue weighted by Gasteiger charge is 2.20. The third-order valence-corrected chi connectivity index (χ3v) is 2.52. The molecule has 3 nitrogen and oxygen atoms in total. The molecule has 0 radical (unpaired) electrons. The highest BCUT2D eigenvalue weighted by molar-refractivity contribution is 5.99. The Hall–Kier alpha value is -1.64. The number of esters is 1. The summed E-state index contributed by atoms with van der Waals surface area (Å²) in [5, 5.41) is 0. The average Bonchev–Trinajstić information content (AvgIpc) is 2.19. The smallest absolute Gasteiger partial charge is 0.308 e. The van der Waals surface area contributed by atoms with Crippen LogP contribution in [0, 0.1) is 0 Å². The molecule has 1 aromatic rings. The zero-order valence-electron chi connectivity index (χ0n) is 8.58. The van der Waals surface area contributed by atoms with E-state index in [1.54, 1.807) is 18.2 Å². The Labute approximate surface area is 88.1 Å². The van der Waals surface area contributed by atoms with Gasteiger partial charge in [-0.3, -0.25) is 9.59 Å². The molecule has 3 heteroatoms. The molecule has 15 heavy (non-hydrogen) atoms. The molecule has 0 fully saturated rings. The van der Waals surface area contributed by atoms with Crippen molar-refractivity contribution in [3.63, 3.8) is 0 Å². The first-order valence-corrected chi connectivity index (χ1v) is 5.02. The molecular formula is C12H12O3. The first-order valence-electron chi connectivity index (χ1n) is 5.02. The van der Waals surface area contributed by atoms with Gasteiger partial charge < -0.3 is 4.74 Å².